The van der Waals surface area contributed by atoms with Crippen LogP contribution >= 0.6 is 0 Å². The maximum absolute atomic E-state index is 10.7. The first-order valence-electron chi connectivity index (χ1n) is 4.33. The number of rotatable bonds is 3. The second-order valence-corrected chi connectivity index (χ2v) is 2.85. The Bertz CT molecular complexity index is 389. The lowest BCUT2D eigenvalue weighted by Crippen LogP contribution is -2.30. The zero-order chi connectivity index (χ0) is 11.3. The number of hydrogen-bond donors (Lipinski definition) is 2. The van der Waals surface area contributed by atoms with Crippen LogP contribution in [0.5, 0.6) is 0 Å². The number of nitro groups is 1. The topological polar surface area (TPSA) is 93.5 Å². The average Bonchev–Trinajstić information content (AvgIpc) is 2.26. The first-order valence-corrected chi connectivity index (χ1v) is 4.33. The number of hydrogen-bond acceptors (Lipinski definition) is 3. The van der Waals surface area contributed by atoms with Crippen LogP contribution in [0.4, 0.5) is 5.69 Å². The van der Waals surface area contributed by atoms with Gasteiger partial charge in [0.15, 0.2) is 5.96 Å². The van der Waals surface area contributed by atoms with Gasteiger partial charge >= 0.3 is 0 Å². The normalized spacial score (nSPS) is 11.1. The van der Waals surface area contributed by atoms with Crippen LogP contribution in [0.15, 0.2) is 29.3 Å². The van der Waals surface area contributed by atoms with E-state index in [-0.39, 0.29) is 11.6 Å². The van der Waals surface area contributed by atoms with Crippen LogP contribution in [0.25, 0.3) is 0 Å². The molecular weight excluding hydrogens is 196 g/mol. The fraction of sp³-hybridized carbons (Fsp3) is 0.222. The molecule has 0 radical (unpaired) electrons. The number of nitro benzene ring substituents is 1. The molecule has 0 heterocycles. The van der Waals surface area contributed by atoms with E-state index in [0.29, 0.717) is 12.1 Å². The van der Waals surface area contributed by atoms with Crippen LogP contribution in [0.2, 0.25) is 0 Å². The lowest BCUT2D eigenvalue weighted by molar-refractivity contribution is -0.385. The quantitative estimate of drug-likeness (QED) is 0.329. The zero-order valence-electron chi connectivity index (χ0n) is 8.30. The Balaban J connectivity index is 2.80. The minimum Gasteiger partial charge on any atom is -0.370 e. The number of para-hydroxylation sites is 1. The van der Waals surface area contributed by atoms with Gasteiger partial charge in [-0.1, -0.05) is 18.2 Å². The van der Waals surface area contributed by atoms with Gasteiger partial charge in [0.25, 0.3) is 5.69 Å². The van der Waals surface area contributed by atoms with E-state index < -0.39 is 4.92 Å². The number of nitrogens with one attached hydrogen (secondary N) is 1. The van der Waals surface area contributed by atoms with Gasteiger partial charge in [0, 0.05) is 25.2 Å². The second-order valence-electron chi connectivity index (χ2n) is 2.85. The number of aliphatic imine (C=N–C) groups is 1. The fourth-order valence-corrected chi connectivity index (χ4v) is 1.10. The van der Waals surface area contributed by atoms with Crippen LogP contribution in [0.1, 0.15) is 5.56 Å². The van der Waals surface area contributed by atoms with Crippen molar-refractivity contribution in [1.29, 1.82) is 0 Å². The van der Waals surface area contributed by atoms with Gasteiger partial charge in [-0.3, -0.25) is 15.1 Å². The number of nitrogens with two attached hydrogens (primary N) is 1. The number of guanidine groups is 1. The summed E-state index contributed by atoms with van der Waals surface area (Å²) in [6, 6.07) is 6.49. The van der Waals surface area contributed by atoms with E-state index >= 15 is 0 Å². The van der Waals surface area contributed by atoms with Crippen molar-refractivity contribution in [2.24, 2.45) is 10.7 Å². The molecule has 0 saturated carbocycles. The molecule has 0 aliphatic carbocycles. The van der Waals surface area contributed by atoms with E-state index in [0.717, 1.165) is 0 Å². The van der Waals surface area contributed by atoms with Gasteiger partial charge in [-0.15, -0.1) is 0 Å². The lowest BCUT2D eigenvalue weighted by atomic mass is 10.2. The molecule has 0 spiro atoms. The molecule has 0 unspecified atom stereocenters. The average molecular weight is 208 g/mol. The minimum atomic E-state index is -0.420. The summed E-state index contributed by atoms with van der Waals surface area (Å²) in [6.07, 6.45) is 0. The Morgan fingerprint density at radius 1 is 1.60 bits per heavy atom. The van der Waals surface area contributed by atoms with Crippen molar-refractivity contribution in [2.45, 2.75) is 6.54 Å². The molecule has 80 valence electrons. The molecule has 0 aromatic heterocycles. The summed E-state index contributed by atoms with van der Waals surface area (Å²) in [5.74, 6) is 0.258. The van der Waals surface area contributed by atoms with Gasteiger partial charge in [-0.2, -0.15) is 0 Å². The molecule has 0 aliphatic rings. The summed E-state index contributed by atoms with van der Waals surface area (Å²) in [5.41, 5.74) is 6.07. The van der Waals surface area contributed by atoms with Gasteiger partial charge in [-0.05, 0) is 0 Å². The van der Waals surface area contributed by atoms with Crippen molar-refractivity contribution in [2.75, 3.05) is 7.05 Å². The summed E-state index contributed by atoms with van der Waals surface area (Å²) in [6.45, 7) is 0.292. The van der Waals surface area contributed by atoms with Crippen LogP contribution in [0.3, 0.4) is 0 Å². The van der Waals surface area contributed by atoms with Crippen molar-refractivity contribution >= 4 is 11.6 Å². The molecule has 1 aromatic rings. The van der Waals surface area contributed by atoms with Crippen molar-refractivity contribution in [3.63, 3.8) is 0 Å². The van der Waals surface area contributed by atoms with E-state index in [1.165, 1.54) is 6.07 Å². The third-order valence-corrected chi connectivity index (χ3v) is 1.89. The fourth-order valence-electron chi connectivity index (χ4n) is 1.10. The Morgan fingerprint density at radius 3 is 2.87 bits per heavy atom. The maximum atomic E-state index is 10.7. The number of nitrogens with zero attached hydrogens (tertiary/aromatic N) is 2. The van der Waals surface area contributed by atoms with E-state index in [1.807, 2.05) is 0 Å². The van der Waals surface area contributed by atoms with E-state index in [1.54, 1.807) is 25.2 Å². The number of benzene rings is 1. The standard InChI is InChI=1S/C9H12N4O2/c1-11-9(10)12-6-7-4-2-3-5-8(7)13(14)15/h2-5H,6H2,1H3,(H3,10,11,12). The molecule has 0 amide bonds. The molecule has 1 aromatic carbocycles. The van der Waals surface area contributed by atoms with E-state index in [9.17, 15) is 10.1 Å². The molecule has 1 rings (SSSR count). The zero-order valence-corrected chi connectivity index (χ0v) is 8.30. The summed E-state index contributed by atoms with van der Waals surface area (Å²) in [4.78, 5) is 13.9. The van der Waals surface area contributed by atoms with Crippen LogP contribution < -0.4 is 11.1 Å². The highest BCUT2D eigenvalue weighted by molar-refractivity contribution is 5.77. The smallest absolute Gasteiger partial charge is 0.274 e. The Hall–Kier alpha value is -2.11. The van der Waals surface area contributed by atoms with Gasteiger partial charge in [0.2, 0.25) is 0 Å². The lowest BCUT2D eigenvalue weighted by Gasteiger charge is -2.05. The molecule has 0 fully saturated rings. The molecule has 3 N–H and O–H groups in total. The van der Waals surface area contributed by atoms with Crippen LogP contribution in [0, 0.1) is 10.1 Å². The summed E-state index contributed by atoms with van der Waals surface area (Å²) in [7, 11) is 1.54. The first kappa shape index (κ1) is 11.0. The highest BCUT2D eigenvalue weighted by Gasteiger charge is 2.11. The monoisotopic (exact) mass is 208 g/mol. The summed E-state index contributed by atoms with van der Waals surface area (Å²) in [5, 5.41) is 13.4. The largest absolute Gasteiger partial charge is 0.370 e. The van der Waals surface area contributed by atoms with Crippen molar-refractivity contribution in [3.05, 3.63) is 39.9 Å². The highest BCUT2D eigenvalue weighted by Crippen LogP contribution is 2.16. The summed E-state index contributed by atoms with van der Waals surface area (Å²) < 4.78 is 0. The van der Waals surface area contributed by atoms with Gasteiger partial charge in [0.1, 0.15) is 0 Å². The predicted octanol–water partition coefficient (Wildman–Crippen LogP) is 0.629. The van der Waals surface area contributed by atoms with Gasteiger partial charge in [0.05, 0.1) is 4.92 Å². The Morgan fingerprint density at radius 2 is 2.27 bits per heavy atom. The highest BCUT2D eigenvalue weighted by atomic mass is 16.6. The molecule has 0 saturated heterocycles. The Labute approximate surface area is 87.0 Å². The maximum Gasteiger partial charge on any atom is 0.274 e. The molecule has 6 nitrogen and oxygen atoms in total. The Kier molecular flexibility index (Phi) is 3.61. The molecule has 0 aliphatic heterocycles. The van der Waals surface area contributed by atoms with Crippen molar-refractivity contribution in [3.8, 4) is 0 Å². The van der Waals surface area contributed by atoms with Crippen molar-refractivity contribution < 1.29 is 4.92 Å². The van der Waals surface area contributed by atoms with Gasteiger partial charge < -0.3 is 11.1 Å². The van der Waals surface area contributed by atoms with Crippen LogP contribution in [-0.4, -0.2) is 17.9 Å². The predicted molar refractivity (Wildman–Crippen MR) is 57.5 cm³/mol. The molecule has 0 bridgehead atoms. The van der Waals surface area contributed by atoms with E-state index in [4.69, 9.17) is 5.73 Å². The SMILES string of the molecule is CN=C(N)NCc1ccccc1[N+](=O)[O-]. The second kappa shape index (κ2) is 4.94. The molecule has 0 atom stereocenters. The van der Waals surface area contributed by atoms with E-state index in [2.05, 4.69) is 10.3 Å². The molecule has 6 heteroatoms. The third-order valence-electron chi connectivity index (χ3n) is 1.89. The summed E-state index contributed by atoms with van der Waals surface area (Å²) >= 11 is 0. The van der Waals surface area contributed by atoms with Gasteiger partial charge in [-0.25, -0.2) is 0 Å². The first-order chi connectivity index (χ1) is 7.15. The van der Waals surface area contributed by atoms with Crippen LogP contribution in [-0.2, 0) is 6.54 Å². The molecule has 15 heavy (non-hydrogen) atoms. The van der Waals surface area contributed by atoms with Crippen molar-refractivity contribution in [1.82, 2.24) is 5.32 Å². The molecular formula is C9H12N4O2. The minimum absolute atomic E-state index is 0.0777. The third kappa shape index (κ3) is 2.94.